The number of benzene rings is 2. The molecule has 1 amide bonds. The van der Waals surface area contributed by atoms with Crippen LogP contribution in [0.3, 0.4) is 0 Å². The zero-order valence-corrected chi connectivity index (χ0v) is 17.2. The van der Waals surface area contributed by atoms with Gasteiger partial charge in [-0.1, -0.05) is 29.8 Å². The predicted molar refractivity (Wildman–Crippen MR) is 115 cm³/mol. The summed E-state index contributed by atoms with van der Waals surface area (Å²) in [5.41, 5.74) is 2.94. The minimum Gasteiger partial charge on any atom is -0.388 e. The maximum Gasteiger partial charge on any atom is 0.246 e. The minimum absolute atomic E-state index is 0.0420. The van der Waals surface area contributed by atoms with E-state index in [0.29, 0.717) is 17.1 Å². The lowest BCUT2D eigenvalue weighted by atomic mass is 10.1. The number of nitrogens with one attached hydrogen (secondary N) is 1. The zero-order valence-electron chi connectivity index (χ0n) is 16.4. The van der Waals surface area contributed by atoms with Crippen LogP contribution in [0.1, 0.15) is 24.0 Å². The first-order chi connectivity index (χ1) is 14.0. The standard InChI is InChI=1S/C23H25ClFN3O/c1-26-22-12-18(24)6-4-17(22)5-11-23(29)27-14-20-9-10-21(15-27)28(20)13-16-2-7-19(25)8-3-16/h2-8,11-12,20-21,26H,9-10,13-15H2,1H3/b11-5+. The number of carbonyl (C=O) groups is 1. The molecule has 0 aliphatic carbocycles. The summed E-state index contributed by atoms with van der Waals surface area (Å²) in [4.78, 5) is 17.2. The van der Waals surface area contributed by atoms with Crippen LogP contribution < -0.4 is 5.32 Å². The SMILES string of the molecule is CNc1cc(Cl)ccc1/C=C/C(=O)N1CC2CCC(C1)N2Cc1ccc(F)cc1. The van der Waals surface area contributed by atoms with Crippen LogP contribution in [0, 0.1) is 5.82 Å². The van der Waals surface area contributed by atoms with Crippen LogP contribution in [-0.2, 0) is 11.3 Å². The summed E-state index contributed by atoms with van der Waals surface area (Å²) in [5.74, 6) is -0.165. The van der Waals surface area contributed by atoms with E-state index in [-0.39, 0.29) is 11.7 Å². The van der Waals surface area contributed by atoms with Gasteiger partial charge in [0.25, 0.3) is 0 Å². The van der Waals surface area contributed by atoms with Gasteiger partial charge in [-0.25, -0.2) is 4.39 Å². The van der Waals surface area contributed by atoms with Crippen molar-refractivity contribution in [2.75, 3.05) is 25.5 Å². The molecular weight excluding hydrogens is 389 g/mol. The number of hydrogen-bond donors (Lipinski definition) is 1. The van der Waals surface area contributed by atoms with Crippen molar-refractivity contribution in [3.8, 4) is 0 Å². The van der Waals surface area contributed by atoms with Gasteiger partial charge in [-0.3, -0.25) is 9.69 Å². The van der Waals surface area contributed by atoms with Gasteiger partial charge in [0.05, 0.1) is 0 Å². The number of anilines is 1. The van der Waals surface area contributed by atoms with E-state index in [1.54, 1.807) is 6.08 Å². The van der Waals surface area contributed by atoms with E-state index in [1.165, 1.54) is 12.1 Å². The summed E-state index contributed by atoms with van der Waals surface area (Å²) in [6.45, 7) is 2.28. The van der Waals surface area contributed by atoms with E-state index >= 15 is 0 Å². The van der Waals surface area contributed by atoms with Crippen LogP contribution in [0.2, 0.25) is 5.02 Å². The normalized spacial score (nSPS) is 21.7. The van der Waals surface area contributed by atoms with Crippen LogP contribution in [0.5, 0.6) is 0 Å². The third-order valence-electron chi connectivity index (χ3n) is 5.91. The number of fused-ring (bicyclic) bond motifs is 2. The van der Waals surface area contributed by atoms with Gasteiger partial charge in [0.1, 0.15) is 5.82 Å². The van der Waals surface area contributed by atoms with Crippen molar-refractivity contribution in [2.24, 2.45) is 0 Å². The van der Waals surface area contributed by atoms with E-state index in [1.807, 2.05) is 48.4 Å². The number of likely N-dealkylation sites (tertiary alicyclic amines) is 1. The van der Waals surface area contributed by atoms with E-state index in [9.17, 15) is 9.18 Å². The van der Waals surface area contributed by atoms with Crippen molar-refractivity contribution >= 4 is 29.3 Å². The fraction of sp³-hybridized carbons (Fsp3) is 0.348. The van der Waals surface area contributed by atoms with Crippen LogP contribution in [0.25, 0.3) is 6.08 Å². The molecule has 2 aromatic carbocycles. The monoisotopic (exact) mass is 413 g/mol. The molecule has 2 saturated heterocycles. The summed E-state index contributed by atoms with van der Waals surface area (Å²) in [6.07, 6.45) is 5.69. The average Bonchev–Trinajstić information content (AvgIpc) is 2.95. The van der Waals surface area contributed by atoms with Crippen LogP contribution in [0.15, 0.2) is 48.5 Å². The fourth-order valence-electron chi connectivity index (χ4n) is 4.39. The highest BCUT2D eigenvalue weighted by Gasteiger charge is 2.40. The molecule has 2 aliphatic heterocycles. The molecule has 152 valence electrons. The highest BCUT2D eigenvalue weighted by molar-refractivity contribution is 6.31. The van der Waals surface area contributed by atoms with Crippen LogP contribution in [0.4, 0.5) is 10.1 Å². The van der Waals surface area contributed by atoms with Gasteiger partial charge in [-0.2, -0.15) is 0 Å². The number of amides is 1. The molecule has 29 heavy (non-hydrogen) atoms. The number of rotatable bonds is 5. The topological polar surface area (TPSA) is 35.6 Å². The lowest BCUT2D eigenvalue weighted by Gasteiger charge is -2.40. The smallest absolute Gasteiger partial charge is 0.246 e. The van der Waals surface area contributed by atoms with Crippen molar-refractivity contribution in [3.05, 3.63) is 70.5 Å². The quantitative estimate of drug-likeness (QED) is 0.737. The molecule has 1 N–H and O–H groups in total. The summed E-state index contributed by atoms with van der Waals surface area (Å²) in [5, 5.41) is 3.76. The summed E-state index contributed by atoms with van der Waals surface area (Å²) < 4.78 is 13.2. The van der Waals surface area contributed by atoms with Gasteiger partial charge < -0.3 is 10.2 Å². The second kappa shape index (κ2) is 8.56. The first kappa shape index (κ1) is 19.9. The first-order valence-corrected chi connectivity index (χ1v) is 10.4. The zero-order chi connectivity index (χ0) is 20.4. The average molecular weight is 414 g/mol. The molecule has 0 spiro atoms. The Balaban J connectivity index is 1.40. The Morgan fingerprint density at radius 3 is 2.52 bits per heavy atom. The maximum atomic E-state index is 13.2. The number of halogens is 2. The molecule has 2 aliphatic rings. The second-order valence-corrected chi connectivity index (χ2v) is 8.18. The molecule has 2 bridgehead atoms. The Bertz CT molecular complexity index is 901. The van der Waals surface area contributed by atoms with Crippen molar-refractivity contribution in [1.29, 1.82) is 0 Å². The van der Waals surface area contributed by atoms with Gasteiger partial charge in [0, 0.05) is 55.6 Å². The third-order valence-corrected chi connectivity index (χ3v) is 6.15. The number of carbonyl (C=O) groups excluding carboxylic acids is 1. The minimum atomic E-state index is -0.207. The first-order valence-electron chi connectivity index (χ1n) is 9.98. The molecule has 2 fully saturated rings. The third kappa shape index (κ3) is 4.46. The highest BCUT2D eigenvalue weighted by Crippen LogP contribution is 2.32. The molecule has 2 aromatic rings. The van der Waals surface area contributed by atoms with E-state index in [4.69, 9.17) is 11.6 Å². The predicted octanol–water partition coefficient (Wildman–Crippen LogP) is 4.41. The molecule has 4 nitrogen and oxygen atoms in total. The molecule has 2 atom stereocenters. The summed E-state index contributed by atoms with van der Waals surface area (Å²) in [7, 11) is 1.84. The number of nitrogens with zero attached hydrogens (tertiary/aromatic N) is 2. The van der Waals surface area contributed by atoms with Crippen molar-refractivity contribution in [2.45, 2.75) is 31.5 Å². The molecule has 0 saturated carbocycles. The second-order valence-electron chi connectivity index (χ2n) is 7.74. The summed E-state index contributed by atoms with van der Waals surface area (Å²) >= 11 is 6.04. The molecular formula is C23H25ClFN3O. The summed E-state index contributed by atoms with van der Waals surface area (Å²) in [6, 6.07) is 13.0. The van der Waals surface area contributed by atoms with Gasteiger partial charge >= 0.3 is 0 Å². The lowest BCUT2D eigenvalue weighted by Crippen LogP contribution is -2.54. The molecule has 0 aromatic heterocycles. The fourth-order valence-corrected chi connectivity index (χ4v) is 4.56. The van der Waals surface area contributed by atoms with Crippen molar-refractivity contribution in [3.63, 3.8) is 0 Å². The Hall–Kier alpha value is -2.37. The molecule has 4 rings (SSSR count). The molecule has 0 radical (unpaired) electrons. The Labute approximate surface area is 176 Å². The molecule has 2 heterocycles. The lowest BCUT2D eigenvalue weighted by molar-refractivity contribution is -0.129. The highest BCUT2D eigenvalue weighted by atomic mass is 35.5. The van der Waals surface area contributed by atoms with E-state index < -0.39 is 0 Å². The van der Waals surface area contributed by atoms with E-state index in [0.717, 1.165) is 49.3 Å². The van der Waals surface area contributed by atoms with Gasteiger partial charge in [0.15, 0.2) is 0 Å². The number of piperazine rings is 1. The Morgan fingerprint density at radius 2 is 1.86 bits per heavy atom. The Kier molecular flexibility index (Phi) is 5.88. The molecule has 2 unspecified atom stereocenters. The van der Waals surface area contributed by atoms with Crippen molar-refractivity contribution < 1.29 is 9.18 Å². The van der Waals surface area contributed by atoms with Gasteiger partial charge in [-0.15, -0.1) is 0 Å². The van der Waals surface area contributed by atoms with Crippen LogP contribution >= 0.6 is 11.6 Å². The Morgan fingerprint density at radius 1 is 1.17 bits per heavy atom. The van der Waals surface area contributed by atoms with Gasteiger partial charge in [-0.05, 0) is 54.3 Å². The largest absolute Gasteiger partial charge is 0.388 e. The van der Waals surface area contributed by atoms with E-state index in [2.05, 4.69) is 10.2 Å². The number of hydrogen-bond acceptors (Lipinski definition) is 3. The molecule has 6 heteroatoms. The van der Waals surface area contributed by atoms with Crippen LogP contribution in [-0.4, -0.2) is 47.9 Å². The van der Waals surface area contributed by atoms with Crippen molar-refractivity contribution in [1.82, 2.24) is 9.80 Å². The maximum absolute atomic E-state index is 13.2. The van der Waals surface area contributed by atoms with Gasteiger partial charge in [0.2, 0.25) is 5.91 Å².